The fourth-order valence-corrected chi connectivity index (χ4v) is 6.88. The van der Waals surface area contributed by atoms with E-state index in [1.807, 2.05) is 4.90 Å². The zero-order chi connectivity index (χ0) is 20.8. The van der Waals surface area contributed by atoms with Crippen LogP contribution in [0.25, 0.3) is 0 Å². The van der Waals surface area contributed by atoms with Crippen LogP contribution in [0.3, 0.4) is 0 Å². The molecule has 1 amide bonds. The summed E-state index contributed by atoms with van der Waals surface area (Å²) in [6, 6.07) is 5.56. The van der Waals surface area contributed by atoms with E-state index in [-0.39, 0.29) is 40.9 Å². The summed E-state index contributed by atoms with van der Waals surface area (Å²) in [6.45, 7) is 3.29. The maximum Gasteiger partial charge on any atom is 0.243 e. The quantitative estimate of drug-likeness (QED) is 0.699. The van der Waals surface area contributed by atoms with Gasteiger partial charge in [0.15, 0.2) is 0 Å². The van der Waals surface area contributed by atoms with Crippen molar-refractivity contribution in [1.82, 2.24) is 9.21 Å². The minimum absolute atomic E-state index is 0.0247. The molecule has 9 heteroatoms. The van der Waals surface area contributed by atoms with Crippen LogP contribution in [0.1, 0.15) is 36.2 Å². The number of carbonyl (C=O) groups is 1. The summed E-state index contributed by atoms with van der Waals surface area (Å²) >= 11 is 7.48. The molecule has 5 nitrogen and oxygen atoms in total. The molecule has 0 saturated carbocycles. The first-order valence-corrected chi connectivity index (χ1v) is 12.3. The van der Waals surface area contributed by atoms with Crippen molar-refractivity contribution in [3.05, 3.63) is 50.9 Å². The van der Waals surface area contributed by atoms with Gasteiger partial charge in [-0.25, -0.2) is 12.8 Å². The van der Waals surface area contributed by atoms with Crippen molar-refractivity contribution in [3.63, 3.8) is 0 Å². The Balaban J connectivity index is 1.43. The number of sulfonamides is 1. The number of fused-ring (bicyclic) bond motifs is 1. The van der Waals surface area contributed by atoms with Gasteiger partial charge in [-0.2, -0.15) is 4.31 Å². The Bertz CT molecular complexity index is 1030. The van der Waals surface area contributed by atoms with Gasteiger partial charge >= 0.3 is 0 Å². The lowest BCUT2D eigenvalue weighted by Gasteiger charge is -2.38. The molecule has 4 rings (SSSR count). The molecule has 1 fully saturated rings. The fourth-order valence-electron chi connectivity index (χ4n) is 4.17. The first kappa shape index (κ1) is 20.8. The van der Waals surface area contributed by atoms with E-state index in [2.05, 4.69) is 18.4 Å². The Labute approximate surface area is 179 Å². The van der Waals surface area contributed by atoms with Crippen molar-refractivity contribution in [2.45, 2.75) is 37.1 Å². The Morgan fingerprint density at radius 2 is 1.93 bits per heavy atom. The lowest BCUT2D eigenvalue weighted by atomic mass is 9.93. The number of carbonyl (C=O) groups excluding carboxylic acids is 1. The van der Waals surface area contributed by atoms with Crippen LogP contribution >= 0.6 is 22.9 Å². The second-order valence-electron chi connectivity index (χ2n) is 7.51. The molecule has 1 aromatic carbocycles. The van der Waals surface area contributed by atoms with E-state index in [9.17, 15) is 17.6 Å². The number of benzene rings is 1. The van der Waals surface area contributed by atoms with Crippen LogP contribution in [0, 0.1) is 11.7 Å². The van der Waals surface area contributed by atoms with Crippen molar-refractivity contribution in [2.24, 2.45) is 5.92 Å². The summed E-state index contributed by atoms with van der Waals surface area (Å²) in [5, 5.41) is 1.85. The average molecular weight is 457 g/mol. The smallest absolute Gasteiger partial charge is 0.243 e. The highest BCUT2D eigenvalue weighted by Crippen LogP contribution is 2.35. The summed E-state index contributed by atoms with van der Waals surface area (Å²) in [5.74, 6) is -0.725. The number of halogens is 2. The Kier molecular flexibility index (Phi) is 5.72. The molecule has 1 atom stereocenters. The number of hydrogen-bond donors (Lipinski definition) is 0. The van der Waals surface area contributed by atoms with Gasteiger partial charge in [0.2, 0.25) is 15.9 Å². The summed E-state index contributed by atoms with van der Waals surface area (Å²) in [6.07, 6.45) is 1.83. The van der Waals surface area contributed by atoms with Crippen LogP contribution in [0.4, 0.5) is 4.39 Å². The first-order valence-electron chi connectivity index (χ1n) is 9.61. The Morgan fingerprint density at radius 1 is 1.21 bits per heavy atom. The van der Waals surface area contributed by atoms with Gasteiger partial charge in [-0.3, -0.25) is 4.79 Å². The van der Waals surface area contributed by atoms with Crippen molar-refractivity contribution < 1.29 is 17.6 Å². The molecule has 0 aliphatic carbocycles. The normalized spacial score (nSPS) is 21.2. The SMILES string of the molecule is C[C@H]1c2ccsc2CCN1C(=O)C1CCN(S(=O)(=O)c2ccc(F)c(Cl)c2)CC1. The molecule has 0 N–H and O–H groups in total. The van der Waals surface area contributed by atoms with E-state index in [0.29, 0.717) is 19.4 Å². The van der Waals surface area contributed by atoms with E-state index in [1.165, 1.54) is 20.8 Å². The second kappa shape index (κ2) is 7.98. The van der Waals surface area contributed by atoms with E-state index in [1.54, 1.807) is 11.3 Å². The van der Waals surface area contributed by atoms with E-state index in [0.717, 1.165) is 18.6 Å². The molecule has 0 radical (unpaired) electrons. The maximum atomic E-state index is 13.4. The van der Waals surface area contributed by atoms with Crippen molar-refractivity contribution >= 4 is 38.9 Å². The van der Waals surface area contributed by atoms with Crippen LogP contribution in [-0.2, 0) is 21.2 Å². The summed E-state index contributed by atoms with van der Waals surface area (Å²) in [7, 11) is -3.76. The molecule has 29 heavy (non-hydrogen) atoms. The topological polar surface area (TPSA) is 57.7 Å². The highest BCUT2D eigenvalue weighted by molar-refractivity contribution is 7.89. The van der Waals surface area contributed by atoms with Crippen LogP contribution in [-0.4, -0.2) is 43.2 Å². The average Bonchev–Trinajstić information content (AvgIpc) is 3.20. The minimum atomic E-state index is -3.76. The molecule has 2 aliphatic heterocycles. The highest BCUT2D eigenvalue weighted by atomic mass is 35.5. The fraction of sp³-hybridized carbons (Fsp3) is 0.450. The Morgan fingerprint density at radius 3 is 2.62 bits per heavy atom. The van der Waals surface area contributed by atoms with E-state index in [4.69, 9.17) is 11.6 Å². The van der Waals surface area contributed by atoms with Gasteiger partial charge in [-0.15, -0.1) is 11.3 Å². The van der Waals surface area contributed by atoms with Crippen molar-refractivity contribution in [2.75, 3.05) is 19.6 Å². The van der Waals surface area contributed by atoms with E-state index < -0.39 is 15.8 Å². The van der Waals surface area contributed by atoms with Crippen LogP contribution in [0.5, 0.6) is 0 Å². The van der Waals surface area contributed by atoms with E-state index >= 15 is 0 Å². The second-order valence-corrected chi connectivity index (χ2v) is 10.9. The largest absolute Gasteiger partial charge is 0.335 e. The predicted octanol–water partition coefficient (Wildman–Crippen LogP) is 4.09. The van der Waals surface area contributed by atoms with Crippen molar-refractivity contribution in [3.8, 4) is 0 Å². The molecule has 0 unspecified atom stereocenters. The van der Waals surface area contributed by atoms with Gasteiger partial charge in [0.1, 0.15) is 5.82 Å². The lowest BCUT2D eigenvalue weighted by molar-refractivity contribution is -0.139. The number of rotatable bonds is 3. The molecular weight excluding hydrogens is 435 g/mol. The van der Waals surface area contributed by atoms with Gasteiger partial charge in [-0.1, -0.05) is 11.6 Å². The summed E-state index contributed by atoms with van der Waals surface area (Å²) < 4.78 is 40.4. The number of hydrogen-bond acceptors (Lipinski definition) is 4. The molecule has 156 valence electrons. The monoisotopic (exact) mass is 456 g/mol. The van der Waals surface area contributed by atoms with Gasteiger partial charge in [0, 0.05) is 30.4 Å². The number of piperidine rings is 1. The molecule has 1 aromatic heterocycles. The van der Waals surface area contributed by atoms with Gasteiger partial charge < -0.3 is 4.90 Å². The third-order valence-electron chi connectivity index (χ3n) is 5.89. The molecular formula is C20H22ClFN2O3S2. The standard InChI is InChI=1S/C20H22ClFN2O3S2/c1-13-16-7-11-28-19(16)6-10-24(13)20(25)14-4-8-23(9-5-14)29(26,27)15-2-3-18(22)17(21)12-15/h2-3,7,11-14H,4-6,8-10H2,1H3/t13-/m0/s1. The number of amides is 1. The zero-order valence-electron chi connectivity index (χ0n) is 16.0. The molecule has 3 heterocycles. The third kappa shape index (κ3) is 3.83. The predicted molar refractivity (Wildman–Crippen MR) is 111 cm³/mol. The summed E-state index contributed by atoms with van der Waals surface area (Å²) in [5.41, 5.74) is 1.22. The van der Waals surface area contributed by atoms with Crippen molar-refractivity contribution in [1.29, 1.82) is 0 Å². The Hall–Kier alpha value is -1.48. The van der Waals surface area contributed by atoms with Gasteiger partial charge in [0.25, 0.3) is 0 Å². The molecule has 2 aliphatic rings. The van der Waals surface area contributed by atoms with Crippen LogP contribution < -0.4 is 0 Å². The maximum absolute atomic E-state index is 13.4. The van der Waals surface area contributed by atoms with Gasteiger partial charge in [0.05, 0.1) is 16.0 Å². The molecule has 2 aromatic rings. The molecule has 0 bridgehead atoms. The van der Waals surface area contributed by atoms with Crippen LogP contribution in [0.15, 0.2) is 34.5 Å². The summed E-state index contributed by atoms with van der Waals surface area (Å²) in [4.78, 5) is 16.4. The zero-order valence-corrected chi connectivity index (χ0v) is 18.4. The lowest BCUT2D eigenvalue weighted by Crippen LogP contribution is -2.46. The first-order chi connectivity index (χ1) is 13.8. The minimum Gasteiger partial charge on any atom is -0.335 e. The highest BCUT2D eigenvalue weighted by Gasteiger charge is 2.36. The third-order valence-corrected chi connectivity index (χ3v) is 9.07. The number of nitrogens with zero attached hydrogens (tertiary/aromatic N) is 2. The number of thiophene rings is 1. The molecule has 1 saturated heterocycles. The molecule has 0 spiro atoms. The van der Waals surface area contributed by atoms with Gasteiger partial charge in [-0.05, 0) is 61.4 Å². The van der Waals surface area contributed by atoms with Crippen LogP contribution in [0.2, 0.25) is 5.02 Å².